The second kappa shape index (κ2) is 9.04. The summed E-state index contributed by atoms with van der Waals surface area (Å²) in [7, 11) is 0. The van der Waals surface area contributed by atoms with Crippen LogP contribution in [0.4, 0.5) is 17.2 Å². The molecule has 1 aromatic carbocycles. The van der Waals surface area contributed by atoms with Crippen LogP contribution in [0.3, 0.4) is 0 Å². The van der Waals surface area contributed by atoms with Crippen molar-refractivity contribution in [3.05, 3.63) is 76.2 Å². The highest BCUT2D eigenvalue weighted by Gasteiger charge is 2.26. The van der Waals surface area contributed by atoms with Crippen LogP contribution in [-0.4, -0.2) is 21.8 Å². The predicted molar refractivity (Wildman–Crippen MR) is 122 cm³/mol. The third kappa shape index (κ3) is 5.03. The minimum atomic E-state index is -0.276. The number of rotatable bonds is 6. The highest BCUT2D eigenvalue weighted by molar-refractivity contribution is 6.36. The van der Waals surface area contributed by atoms with Gasteiger partial charge in [0.2, 0.25) is 11.8 Å². The molecule has 1 fully saturated rings. The summed E-state index contributed by atoms with van der Waals surface area (Å²) in [6.07, 6.45) is 5.52. The van der Waals surface area contributed by atoms with Crippen molar-refractivity contribution in [2.24, 2.45) is 0 Å². The van der Waals surface area contributed by atoms with Crippen LogP contribution in [0.1, 0.15) is 36.9 Å². The Morgan fingerprint density at radius 3 is 2.45 bits per heavy atom. The molecular formula is C23H20Cl2N4O2. The summed E-state index contributed by atoms with van der Waals surface area (Å²) in [6.45, 7) is 1.48. The van der Waals surface area contributed by atoms with Crippen LogP contribution in [0.15, 0.2) is 54.9 Å². The van der Waals surface area contributed by atoms with Gasteiger partial charge in [-0.25, -0.2) is 4.98 Å². The summed E-state index contributed by atoms with van der Waals surface area (Å²) < 4.78 is 0. The van der Waals surface area contributed by atoms with Crippen molar-refractivity contribution < 1.29 is 9.59 Å². The molecule has 3 aromatic rings. The van der Waals surface area contributed by atoms with Crippen LogP contribution in [0.2, 0.25) is 10.0 Å². The third-order valence-electron chi connectivity index (χ3n) is 4.99. The summed E-state index contributed by atoms with van der Waals surface area (Å²) >= 11 is 12.3. The van der Waals surface area contributed by atoms with Crippen LogP contribution < -0.4 is 10.2 Å². The number of carbonyl (C=O) groups excluding carboxylic acids is 2. The largest absolute Gasteiger partial charge is 0.326 e. The average molecular weight is 455 g/mol. The summed E-state index contributed by atoms with van der Waals surface area (Å²) in [5.74, 6) is 0.409. The average Bonchev–Trinajstić information content (AvgIpc) is 3.57. The molecule has 2 amide bonds. The van der Waals surface area contributed by atoms with E-state index in [0.29, 0.717) is 38.7 Å². The number of nitrogens with zero attached hydrogens (tertiary/aromatic N) is 3. The van der Waals surface area contributed by atoms with Crippen LogP contribution in [0, 0.1) is 0 Å². The number of benzene rings is 1. The Bertz CT molecular complexity index is 1130. The molecule has 31 heavy (non-hydrogen) atoms. The topological polar surface area (TPSA) is 75.2 Å². The van der Waals surface area contributed by atoms with Crippen molar-refractivity contribution in [3.63, 3.8) is 0 Å². The van der Waals surface area contributed by atoms with Crippen LogP contribution in [0.5, 0.6) is 0 Å². The Hall–Kier alpha value is -2.96. The molecular weight excluding hydrogens is 435 g/mol. The van der Waals surface area contributed by atoms with Gasteiger partial charge in [0.15, 0.2) is 0 Å². The van der Waals surface area contributed by atoms with Crippen LogP contribution in [-0.2, 0) is 16.0 Å². The maximum atomic E-state index is 12.6. The molecule has 2 aromatic heterocycles. The third-order valence-corrected chi connectivity index (χ3v) is 5.70. The van der Waals surface area contributed by atoms with Gasteiger partial charge >= 0.3 is 0 Å². The normalized spacial score (nSPS) is 13.0. The molecule has 0 radical (unpaired) electrons. The number of hydrogen-bond acceptors (Lipinski definition) is 4. The van der Waals surface area contributed by atoms with Crippen molar-refractivity contribution in [2.75, 3.05) is 10.2 Å². The first-order chi connectivity index (χ1) is 14.9. The molecule has 1 aliphatic carbocycles. The first-order valence-electron chi connectivity index (χ1n) is 9.88. The number of halogens is 2. The quantitative estimate of drug-likeness (QED) is 0.531. The first kappa shape index (κ1) is 21.3. The molecule has 1 aliphatic rings. The molecule has 0 unspecified atom stereocenters. The van der Waals surface area contributed by atoms with Crippen LogP contribution in [0.25, 0.3) is 0 Å². The Kier molecular flexibility index (Phi) is 6.20. The number of hydrogen-bond donors (Lipinski definition) is 1. The van der Waals surface area contributed by atoms with E-state index >= 15 is 0 Å². The van der Waals surface area contributed by atoms with Gasteiger partial charge in [0.1, 0.15) is 5.82 Å². The summed E-state index contributed by atoms with van der Waals surface area (Å²) in [4.78, 5) is 35.3. The van der Waals surface area contributed by atoms with E-state index in [1.807, 2.05) is 6.07 Å². The molecule has 158 valence electrons. The van der Waals surface area contributed by atoms with E-state index in [1.54, 1.807) is 48.8 Å². The molecule has 0 spiro atoms. The summed E-state index contributed by atoms with van der Waals surface area (Å²) in [6, 6.07) is 12.1. The zero-order valence-electron chi connectivity index (χ0n) is 16.8. The number of nitrogens with one attached hydrogen (secondary N) is 1. The Morgan fingerprint density at radius 2 is 1.77 bits per heavy atom. The van der Waals surface area contributed by atoms with E-state index in [4.69, 9.17) is 23.2 Å². The van der Waals surface area contributed by atoms with Gasteiger partial charge in [-0.1, -0.05) is 29.3 Å². The Morgan fingerprint density at radius 1 is 1.06 bits per heavy atom. The number of amides is 2. The van der Waals surface area contributed by atoms with E-state index in [0.717, 1.165) is 18.5 Å². The monoisotopic (exact) mass is 454 g/mol. The maximum Gasteiger partial charge on any atom is 0.229 e. The molecule has 0 atom stereocenters. The van der Waals surface area contributed by atoms with Gasteiger partial charge in [0.25, 0.3) is 0 Å². The SMILES string of the molecule is CC(=O)N(c1ccnc(C2CC2)c1)c1cc(NC(=O)Cc2c(Cl)cccc2Cl)ccn1. The Labute approximate surface area is 190 Å². The van der Waals surface area contributed by atoms with E-state index in [1.165, 1.54) is 11.8 Å². The standard InChI is InChI=1S/C23H20Cl2N4O2/c1-14(30)29(17-8-10-26-21(12-17)15-5-6-15)22-11-16(7-9-27-22)28-23(31)13-18-19(24)3-2-4-20(18)25/h2-4,7-12,15H,5-6,13H2,1H3,(H,27,28,31). The summed E-state index contributed by atoms with van der Waals surface area (Å²) in [5, 5.41) is 3.69. The molecule has 6 nitrogen and oxygen atoms in total. The number of aromatic nitrogens is 2. The van der Waals surface area contributed by atoms with E-state index in [9.17, 15) is 9.59 Å². The number of carbonyl (C=O) groups is 2. The van der Waals surface area contributed by atoms with Gasteiger partial charge in [0, 0.05) is 52.7 Å². The highest BCUT2D eigenvalue weighted by atomic mass is 35.5. The van der Waals surface area contributed by atoms with E-state index in [-0.39, 0.29) is 18.2 Å². The first-order valence-corrected chi connectivity index (χ1v) is 10.6. The lowest BCUT2D eigenvalue weighted by Crippen LogP contribution is -2.24. The molecule has 0 saturated heterocycles. The van der Waals surface area contributed by atoms with Gasteiger partial charge in [-0.15, -0.1) is 0 Å². The molecule has 8 heteroatoms. The van der Waals surface area contributed by atoms with Gasteiger partial charge in [-0.3, -0.25) is 19.5 Å². The maximum absolute atomic E-state index is 12.6. The fraction of sp³-hybridized carbons (Fsp3) is 0.217. The van der Waals surface area contributed by atoms with Crippen molar-refractivity contribution in [1.82, 2.24) is 9.97 Å². The minimum absolute atomic E-state index is 0.0295. The lowest BCUT2D eigenvalue weighted by atomic mass is 10.1. The van der Waals surface area contributed by atoms with Crippen molar-refractivity contribution >= 4 is 52.2 Å². The van der Waals surface area contributed by atoms with Gasteiger partial charge in [0.05, 0.1) is 12.1 Å². The molecule has 4 rings (SSSR count). The Balaban J connectivity index is 1.55. The molecule has 1 saturated carbocycles. The number of anilines is 3. The predicted octanol–water partition coefficient (Wildman–Crippen LogP) is 5.53. The zero-order chi connectivity index (χ0) is 22.0. The van der Waals surface area contributed by atoms with Crippen molar-refractivity contribution in [2.45, 2.75) is 32.1 Å². The second-order valence-electron chi connectivity index (χ2n) is 7.40. The van der Waals surface area contributed by atoms with Crippen molar-refractivity contribution in [3.8, 4) is 0 Å². The summed E-state index contributed by atoms with van der Waals surface area (Å²) in [5.41, 5.74) is 2.75. The van der Waals surface area contributed by atoms with Crippen molar-refractivity contribution in [1.29, 1.82) is 0 Å². The number of pyridine rings is 2. The smallest absolute Gasteiger partial charge is 0.229 e. The second-order valence-corrected chi connectivity index (χ2v) is 8.21. The zero-order valence-corrected chi connectivity index (χ0v) is 18.3. The van der Waals surface area contributed by atoms with Crippen LogP contribution >= 0.6 is 23.2 Å². The lowest BCUT2D eigenvalue weighted by molar-refractivity contribution is -0.116. The molecule has 2 heterocycles. The fourth-order valence-electron chi connectivity index (χ4n) is 3.34. The van der Waals surface area contributed by atoms with E-state index in [2.05, 4.69) is 15.3 Å². The molecule has 0 bridgehead atoms. The van der Waals surface area contributed by atoms with Gasteiger partial charge in [-0.2, -0.15) is 0 Å². The lowest BCUT2D eigenvalue weighted by Gasteiger charge is -2.21. The fourth-order valence-corrected chi connectivity index (χ4v) is 3.87. The molecule has 1 N–H and O–H groups in total. The van der Waals surface area contributed by atoms with Gasteiger partial charge in [-0.05, 0) is 48.7 Å². The van der Waals surface area contributed by atoms with Gasteiger partial charge < -0.3 is 5.32 Å². The molecule has 0 aliphatic heterocycles. The minimum Gasteiger partial charge on any atom is -0.326 e. The van der Waals surface area contributed by atoms with E-state index < -0.39 is 0 Å². The highest BCUT2D eigenvalue weighted by Crippen LogP contribution is 2.40.